The van der Waals surface area contributed by atoms with Crippen molar-refractivity contribution in [3.05, 3.63) is 22.2 Å². The van der Waals surface area contributed by atoms with Gasteiger partial charge >= 0.3 is 6.09 Å². The molecule has 6 nitrogen and oxygen atoms in total. The van der Waals surface area contributed by atoms with Crippen LogP contribution >= 0.6 is 15.9 Å². The maximum absolute atomic E-state index is 11.5. The number of benzene rings is 1. The molecule has 0 radical (unpaired) electrons. The molecule has 2 N–H and O–H groups in total. The summed E-state index contributed by atoms with van der Waals surface area (Å²) in [6.45, 7) is 7.56. The monoisotopic (exact) mass is 372 g/mol. The van der Waals surface area contributed by atoms with Crippen molar-refractivity contribution in [2.75, 3.05) is 19.9 Å². The highest BCUT2D eigenvalue weighted by molar-refractivity contribution is 9.10. The molecule has 0 fully saturated rings. The van der Waals surface area contributed by atoms with E-state index in [4.69, 9.17) is 14.2 Å². The number of halogens is 1. The van der Waals surface area contributed by atoms with E-state index >= 15 is 0 Å². The molecule has 0 atom stereocenters. The van der Waals surface area contributed by atoms with Gasteiger partial charge in [-0.25, -0.2) is 4.79 Å². The van der Waals surface area contributed by atoms with E-state index in [-0.39, 0.29) is 6.79 Å². The zero-order valence-corrected chi connectivity index (χ0v) is 14.6. The van der Waals surface area contributed by atoms with Gasteiger partial charge in [-0.05, 0) is 38.5 Å². The number of carbonyl (C=O) groups excluding carboxylic acids is 1. The minimum atomic E-state index is -0.477. The molecule has 0 saturated heterocycles. The first-order valence-electron chi connectivity index (χ1n) is 7.11. The molecular formula is C15H21BrN2O4. The van der Waals surface area contributed by atoms with Crippen LogP contribution in [0.15, 0.2) is 16.6 Å². The smallest absolute Gasteiger partial charge is 0.407 e. The second kappa shape index (κ2) is 7.19. The van der Waals surface area contributed by atoms with Gasteiger partial charge in [0.25, 0.3) is 0 Å². The summed E-state index contributed by atoms with van der Waals surface area (Å²) in [5.41, 5.74) is 0.594. The van der Waals surface area contributed by atoms with Crippen molar-refractivity contribution >= 4 is 22.0 Å². The fourth-order valence-electron chi connectivity index (χ4n) is 1.88. The summed E-state index contributed by atoms with van der Waals surface area (Å²) < 4.78 is 16.8. The lowest BCUT2D eigenvalue weighted by Crippen LogP contribution is -2.36. The second-order valence-electron chi connectivity index (χ2n) is 5.90. The van der Waals surface area contributed by atoms with Gasteiger partial charge in [0.1, 0.15) is 5.60 Å². The number of fused-ring (bicyclic) bond motifs is 1. The highest BCUT2D eigenvalue weighted by Crippen LogP contribution is 2.36. The van der Waals surface area contributed by atoms with Gasteiger partial charge in [-0.2, -0.15) is 0 Å². The molecule has 1 heterocycles. The van der Waals surface area contributed by atoms with Gasteiger partial charge in [-0.3, -0.25) is 0 Å². The van der Waals surface area contributed by atoms with Gasteiger partial charge in [-0.15, -0.1) is 0 Å². The van der Waals surface area contributed by atoms with Crippen molar-refractivity contribution in [1.82, 2.24) is 10.6 Å². The molecule has 122 valence electrons. The van der Waals surface area contributed by atoms with Crippen LogP contribution in [0.5, 0.6) is 11.5 Å². The molecule has 2 rings (SSSR count). The molecule has 1 aromatic carbocycles. The molecule has 1 aliphatic rings. The lowest BCUT2D eigenvalue weighted by atomic mass is 10.2. The Bertz CT molecular complexity index is 543. The van der Waals surface area contributed by atoms with Crippen LogP contribution in [0.4, 0.5) is 4.79 Å². The van der Waals surface area contributed by atoms with E-state index in [1.807, 2.05) is 32.9 Å². The molecule has 1 aliphatic heterocycles. The summed E-state index contributed by atoms with van der Waals surface area (Å²) in [7, 11) is 0. The van der Waals surface area contributed by atoms with Crippen molar-refractivity contribution in [2.24, 2.45) is 0 Å². The number of hydrogen-bond donors (Lipinski definition) is 2. The van der Waals surface area contributed by atoms with Crippen LogP contribution in [0.25, 0.3) is 0 Å². The standard InChI is InChI=1S/C15H21BrN2O4/c1-15(2,3)22-14(19)18-5-4-17-8-10-6-12-13(7-11(10)16)21-9-20-12/h6-7,17H,4-5,8-9H2,1-3H3,(H,18,19). The summed E-state index contributed by atoms with van der Waals surface area (Å²) in [5, 5.41) is 5.96. The van der Waals surface area contributed by atoms with Crippen LogP contribution < -0.4 is 20.1 Å². The Hall–Kier alpha value is -1.47. The number of rotatable bonds is 5. The Morgan fingerprint density at radius 3 is 2.64 bits per heavy atom. The maximum Gasteiger partial charge on any atom is 0.407 e. The Morgan fingerprint density at radius 1 is 1.27 bits per heavy atom. The van der Waals surface area contributed by atoms with Crippen molar-refractivity contribution in [2.45, 2.75) is 32.9 Å². The van der Waals surface area contributed by atoms with E-state index in [0.717, 1.165) is 21.5 Å². The quantitative estimate of drug-likeness (QED) is 0.777. The molecule has 0 aromatic heterocycles. The average Bonchev–Trinajstić information content (AvgIpc) is 2.83. The number of carbonyl (C=O) groups is 1. The summed E-state index contributed by atoms with van der Waals surface area (Å²) in [5.74, 6) is 1.51. The number of alkyl carbamates (subject to hydrolysis) is 1. The first kappa shape index (κ1) is 16.9. The Morgan fingerprint density at radius 2 is 1.95 bits per heavy atom. The van der Waals surface area contributed by atoms with Crippen molar-refractivity contribution in [1.29, 1.82) is 0 Å². The van der Waals surface area contributed by atoms with E-state index in [2.05, 4.69) is 26.6 Å². The molecule has 0 saturated carbocycles. The zero-order chi connectivity index (χ0) is 16.2. The molecule has 0 spiro atoms. The summed E-state index contributed by atoms with van der Waals surface area (Å²) in [4.78, 5) is 11.5. The van der Waals surface area contributed by atoms with Gasteiger partial charge in [-0.1, -0.05) is 15.9 Å². The number of hydrogen-bond acceptors (Lipinski definition) is 5. The van der Waals surface area contributed by atoms with Crippen LogP contribution in [0, 0.1) is 0 Å². The third kappa shape index (κ3) is 5.06. The van der Waals surface area contributed by atoms with Crippen molar-refractivity contribution in [3.8, 4) is 11.5 Å². The second-order valence-corrected chi connectivity index (χ2v) is 6.76. The summed E-state index contributed by atoms with van der Waals surface area (Å²) >= 11 is 3.51. The van der Waals surface area contributed by atoms with Crippen molar-refractivity contribution < 1.29 is 19.0 Å². The van der Waals surface area contributed by atoms with Crippen LogP contribution in [0.1, 0.15) is 26.3 Å². The van der Waals surface area contributed by atoms with E-state index in [1.54, 1.807) is 0 Å². The normalized spacial score (nSPS) is 13.1. The van der Waals surface area contributed by atoms with Gasteiger partial charge in [0.2, 0.25) is 6.79 Å². The van der Waals surface area contributed by atoms with Crippen LogP contribution in [0.3, 0.4) is 0 Å². The maximum atomic E-state index is 11.5. The predicted octanol–water partition coefficient (Wildman–Crippen LogP) is 2.79. The van der Waals surface area contributed by atoms with E-state index in [9.17, 15) is 4.79 Å². The van der Waals surface area contributed by atoms with E-state index < -0.39 is 11.7 Å². The fraction of sp³-hybridized carbons (Fsp3) is 0.533. The van der Waals surface area contributed by atoms with Gasteiger partial charge < -0.3 is 24.8 Å². The molecule has 7 heteroatoms. The molecule has 0 unspecified atom stereocenters. The lowest BCUT2D eigenvalue weighted by Gasteiger charge is -2.19. The third-order valence-electron chi connectivity index (χ3n) is 2.83. The fourth-order valence-corrected chi connectivity index (χ4v) is 2.35. The summed E-state index contributed by atoms with van der Waals surface area (Å²) in [6, 6.07) is 3.85. The molecule has 0 aliphatic carbocycles. The highest BCUT2D eigenvalue weighted by Gasteiger charge is 2.17. The SMILES string of the molecule is CC(C)(C)OC(=O)NCCNCc1cc2c(cc1Br)OCO2. The van der Waals surface area contributed by atoms with Crippen LogP contribution in [-0.4, -0.2) is 31.6 Å². The Balaban J connectivity index is 1.70. The first-order valence-corrected chi connectivity index (χ1v) is 7.90. The van der Waals surface area contributed by atoms with Gasteiger partial charge in [0.15, 0.2) is 11.5 Å². The molecule has 1 aromatic rings. The largest absolute Gasteiger partial charge is 0.454 e. The number of ether oxygens (including phenoxy) is 3. The van der Waals surface area contributed by atoms with Gasteiger partial charge in [0.05, 0.1) is 0 Å². The van der Waals surface area contributed by atoms with E-state index in [0.29, 0.717) is 19.6 Å². The third-order valence-corrected chi connectivity index (χ3v) is 3.57. The highest BCUT2D eigenvalue weighted by atomic mass is 79.9. The molecule has 1 amide bonds. The van der Waals surface area contributed by atoms with Crippen LogP contribution in [-0.2, 0) is 11.3 Å². The van der Waals surface area contributed by atoms with Gasteiger partial charge in [0, 0.05) is 24.1 Å². The topological polar surface area (TPSA) is 68.8 Å². The molecular weight excluding hydrogens is 352 g/mol. The molecule has 0 bridgehead atoms. The minimum absolute atomic E-state index is 0.262. The first-order chi connectivity index (χ1) is 10.3. The van der Waals surface area contributed by atoms with E-state index in [1.165, 1.54) is 0 Å². The minimum Gasteiger partial charge on any atom is -0.454 e. The average molecular weight is 373 g/mol. The summed E-state index contributed by atoms with van der Waals surface area (Å²) in [6.07, 6.45) is -0.404. The zero-order valence-electron chi connectivity index (χ0n) is 13.0. The Labute approximate surface area is 138 Å². The Kier molecular flexibility index (Phi) is 5.52. The van der Waals surface area contributed by atoms with Crippen LogP contribution in [0.2, 0.25) is 0 Å². The lowest BCUT2D eigenvalue weighted by molar-refractivity contribution is 0.0528. The van der Waals surface area contributed by atoms with Crippen molar-refractivity contribution in [3.63, 3.8) is 0 Å². The molecule has 22 heavy (non-hydrogen) atoms. The predicted molar refractivity (Wildman–Crippen MR) is 86.2 cm³/mol. The number of amides is 1. The number of nitrogens with one attached hydrogen (secondary N) is 2.